The van der Waals surface area contributed by atoms with Crippen molar-refractivity contribution >= 4 is 17.9 Å². The third-order valence-corrected chi connectivity index (χ3v) is 3.18. The molecule has 0 unspecified atom stereocenters. The molecule has 0 amide bonds. The predicted octanol–water partition coefficient (Wildman–Crippen LogP) is 3.49. The van der Waals surface area contributed by atoms with Crippen molar-refractivity contribution in [2.75, 3.05) is 5.32 Å². The maximum absolute atomic E-state index is 12.8. The number of aromatic amines is 1. The molecule has 0 radical (unpaired) electrons. The molecule has 2 aromatic rings. The Kier molecular flexibility index (Phi) is 4.68. The highest BCUT2D eigenvalue weighted by molar-refractivity contribution is 7.71. The van der Waals surface area contributed by atoms with Crippen LogP contribution in [-0.2, 0) is 13.1 Å². The number of rotatable bonds is 6. The zero-order chi connectivity index (χ0) is 13.7. The van der Waals surface area contributed by atoms with Crippen molar-refractivity contribution in [2.24, 2.45) is 0 Å². The first-order chi connectivity index (χ1) is 9.20. The van der Waals surface area contributed by atoms with Gasteiger partial charge in [0.25, 0.3) is 0 Å². The molecule has 0 fully saturated rings. The van der Waals surface area contributed by atoms with Gasteiger partial charge in [-0.3, -0.25) is 5.10 Å². The van der Waals surface area contributed by atoms with E-state index in [0.717, 1.165) is 30.9 Å². The number of anilines is 1. The van der Waals surface area contributed by atoms with Gasteiger partial charge in [-0.15, -0.1) is 0 Å². The van der Waals surface area contributed by atoms with Crippen molar-refractivity contribution in [1.82, 2.24) is 14.8 Å². The molecule has 1 heterocycles. The van der Waals surface area contributed by atoms with Crippen LogP contribution in [0, 0.1) is 10.6 Å². The van der Waals surface area contributed by atoms with Gasteiger partial charge in [-0.05, 0) is 42.9 Å². The van der Waals surface area contributed by atoms with E-state index in [1.807, 2.05) is 4.57 Å². The fourth-order valence-electron chi connectivity index (χ4n) is 1.78. The molecule has 19 heavy (non-hydrogen) atoms. The lowest BCUT2D eigenvalue weighted by Crippen LogP contribution is -2.09. The highest BCUT2D eigenvalue weighted by Crippen LogP contribution is 2.10. The number of benzene rings is 1. The molecule has 0 saturated heterocycles. The van der Waals surface area contributed by atoms with Crippen molar-refractivity contribution in [3.63, 3.8) is 0 Å². The summed E-state index contributed by atoms with van der Waals surface area (Å²) in [5, 5.41) is 10.2. The van der Waals surface area contributed by atoms with Gasteiger partial charge in [0.05, 0.1) is 6.54 Å². The molecule has 0 atom stereocenters. The van der Waals surface area contributed by atoms with Gasteiger partial charge in [0, 0.05) is 12.2 Å². The summed E-state index contributed by atoms with van der Waals surface area (Å²) in [6.45, 7) is 3.56. The van der Waals surface area contributed by atoms with Gasteiger partial charge in [0.2, 0.25) is 0 Å². The van der Waals surface area contributed by atoms with E-state index in [9.17, 15) is 4.39 Å². The van der Waals surface area contributed by atoms with Gasteiger partial charge in [0.15, 0.2) is 10.6 Å². The molecule has 1 aromatic carbocycles. The maximum Gasteiger partial charge on any atom is 0.195 e. The van der Waals surface area contributed by atoms with E-state index in [-0.39, 0.29) is 5.82 Å². The van der Waals surface area contributed by atoms with Gasteiger partial charge >= 0.3 is 0 Å². The zero-order valence-electron chi connectivity index (χ0n) is 10.8. The fraction of sp³-hybridized carbons (Fsp3) is 0.385. The first-order valence-electron chi connectivity index (χ1n) is 6.34. The fourth-order valence-corrected chi connectivity index (χ4v) is 2.02. The standard InChI is InChI=1S/C13H17FN4S/c1-2-3-8-18-12(16-17-13(18)19)9-15-11-6-4-10(14)5-7-11/h4-7,15H,2-3,8-9H2,1H3,(H,17,19). The molecule has 1 aromatic heterocycles. The first-order valence-corrected chi connectivity index (χ1v) is 6.75. The summed E-state index contributed by atoms with van der Waals surface area (Å²) < 4.78 is 15.4. The Bertz CT molecular complexity index is 573. The van der Waals surface area contributed by atoms with Crippen LogP contribution in [0.4, 0.5) is 10.1 Å². The van der Waals surface area contributed by atoms with Gasteiger partial charge in [-0.2, -0.15) is 5.10 Å². The molecule has 0 aliphatic carbocycles. The monoisotopic (exact) mass is 280 g/mol. The first kappa shape index (κ1) is 13.7. The smallest absolute Gasteiger partial charge is 0.195 e. The predicted molar refractivity (Wildman–Crippen MR) is 76.0 cm³/mol. The lowest BCUT2D eigenvalue weighted by atomic mass is 10.3. The summed E-state index contributed by atoms with van der Waals surface area (Å²) in [5.74, 6) is 0.624. The largest absolute Gasteiger partial charge is 0.378 e. The lowest BCUT2D eigenvalue weighted by Gasteiger charge is -2.08. The maximum atomic E-state index is 12.8. The van der Waals surface area contributed by atoms with Crippen LogP contribution in [0.25, 0.3) is 0 Å². The van der Waals surface area contributed by atoms with E-state index in [0.29, 0.717) is 11.3 Å². The quantitative estimate of drug-likeness (QED) is 0.796. The van der Waals surface area contributed by atoms with Crippen LogP contribution in [0.2, 0.25) is 0 Å². The Hall–Kier alpha value is -1.69. The normalized spacial score (nSPS) is 10.6. The second-order valence-electron chi connectivity index (χ2n) is 4.31. The lowest BCUT2D eigenvalue weighted by molar-refractivity contribution is 0.601. The second kappa shape index (κ2) is 6.47. The van der Waals surface area contributed by atoms with Crippen LogP contribution in [0.5, 0.6) is 0 Å². The minimum absolute atomic E-state index is 0.240. The van der Waals surface area contributed by atoms with Gasteiger partial charge in [0.1, 0.15) is 5.82 Å². The zero-order valence-corrected chi connectivity index (χ0v) is 11.6. The third kappa shape index (κ3) is 3.64. The van der Waals surface area contributed by atoms with Crippen molar-refractivity contribution in [2.45, 2.75) is 32.9 Å². The summed E-state index contributed by atoms with van der Waals surface area (Å²) in [6, 6.07) is 6.26. The molecule has 0 saturated carbocycles. The van der Waals surface area contributed by atoms with Gasteiger partial charge in [-0.1, -0.05) is 13.3 Å². The SMILES string of the molecule is CCCCn1c(CNc2ccc(F)cc2)n[nH]c1=S. The summed E-state index contributed by atoms with van der Waals surface area (Å²) in [5.41, 5.74) is 0.859. The molecule has 6 heteroatoms. The van der Waals surface area contributed by atoms with Crippen LogP contribution in [0.1, 0.15) is 25.6 Å². The Morgan fingerprint density at radius 1 is 1.37 bits per heavy atom. The summed E-state index contributed by atoms with van der Waals surface area (Å²) in [6.07, 6.45) is 2.18. The van der Waals surface area contributed by atoms with Crippen LogP contribution in [0.15, 0.2) is 24.3 Å². The number of H-pyrrole nitrogens is 1. The van der Waals surface area contributed by atoms with Crippen LogP contribution in [-0.4, -0.2) is 14.8 Å². The Balaban J connectivity index is 2.03. The van der Waals surface area contributed by atoms with Crippen molar-refractivity contribution in [3.8, 4) is 0 Å². The van der Waals surface area contributed by atoms with Crippen LogP contribution >= 0.6 is 12.2 Å². The number of hydrogen-bond donors (Lipinski definition) is 2. The minimum Gasteiger partial charge on any atom is -0.378 e. The van der Waals surface area contributed by atoms with Gasteiger partial charge < -0.3 is 9.88 Å². The molecular weight excluding hydrogens is 263 g/mol. The number of halogens is 1. The second-order valence-corrected chi connectivity index (χ2v) is 4.70. The number of nitrogens with zero attached hydrogens (tertiary/aromatic N) is 2. The summed E-state index contributed by atoms with van der Waals surface area (Å²) >= 11 is 5.20. The highest BCUT2D eigenvalue weighted by atomic mass is 32.1. The molecule has 2 N–H and O–H groups in total. The molecule has 0 aliphatic heterocycles. The van der Waals surface area contributed by atoms with Crippen molar-refractivity contribution < 1.29 is 4.39 Å². The Morgan fingerprint density at radius 2 is 2.11 bits per heavy atom. The van der Waals surface area contributed by atoms with Crippen LogP contribution in [0.3, 0.4) is 0 Å². The van der Waals surface area contributed by atoms with E-state index in [1.54, 1.807) is 12.1 Å². The molecular formula is C13H17FN4S. The molecule has 2 rings (SSSR count). The molecule has 4 nitrogen and oxygen atoms in total. The van der Waals surface area contributed by atoms with E-state index < -0.39 is 0 Å². The Morgan fingerprint density at radius 3 is 2.79 bits per heavy atom. The molecule has 102 valence electrons. The minimum atomic E-state index is -0.240. The number of hydrogen-bond acceptors (Lipinski definition) is 3. The highest BCUT2D eigenvalue weighted by Gasteiger charge is 2.05. The summed E-state index contributed by atoms with van der Waals surface area (Å²) in [4.78, 5) is 0. The Labute approximate surface area is 116 Å². The number of unbranched alkanes of at least 4 members (excludes halogenated alkanes) is 1. The van der Waals surface area contributed by atoms with E-state index in [1.165, 1.54) is 12.1 Å². The average Bonchev–Trinajstić information content (AvgIpc) is 2.76. The van der Waals surface area contributed by atoms with Crippen LogP contribution < -0.4 is 5.32 Å². The molecule has 0 spiro atoms. The van der Waals surface area contributed by atoms with E-state index in [4.69, 9.17) is 12.2 Å². The third-order valence-electron chi connectivity index (χ3n) is 2.87. The average molecular weight is 280 g/mol. The van der Waals surface area contributed by atoms with E-state index >= 15 is 0 Å². The summed E-state index contributed by atoms with van der Waals surface area (Å²) in [7, 11) is 0. The molecule has 0 bridgehead atoms. The number of nitrogens with one attached hydrogen (secondary N) is 2. The topological polar surface area (TPSA) is 45.6 Å². The molecule has 0 aliphatic rings. The van der Waals surface area contributed by atoms with E-state index in [2.05, 4.69) is 22.4 Å². The number of aromatic nitrogens is 3. The van der Waals surface area contributed by atoms with Gasteiger partial charge in [-0.25, -0.2) is 4.39 Å². The van der Waals surface area contributed by atoms with Crippen molar-refractivity contribution in [1.29, 1.82) is 0 Å². The van der Waals surface area contributed by atoms with Crippen molar-refractivity contribution in [3.05, 3.63) is 40.7 Å².